The molecule has 0 aromatic heterocycles. The molecule has 0 fully saturated rings. The Morgan fingerprint density at radius 3 is 2.47 bits per heavy atom. The van der Waals surface area contributed by atoms with E-state index < -0.39 is 8.53 Å². The molecule has 0 spiro atoms. The zero-order valence-corrected chi connectivity index (χ0v) is 10.3. The average molecular weight is 227 g/mol. The Morgan fingerprint density at radius 1 is 1.27 bits per heavy atom. The quantitative estimate of drug-likeness (QED) is 0.757. The van der Waals surface area contributed by atoms with Gasteiger partial charge in [0.25, 0.3) is 8.53 Å². The first-order chi connectivity index (χ1) is 7.22. The lowest BCUT2D eigenvalue weighted by molar-refractivity contribution is 0.264. The normalized spacial score (nSPS) is 13.1. The zero-order valence-electron chi connectivity index (χ0n) is 9.43. The monoisotopic (exact) mass is 227 g/mol. The molecule has 0 amide bonds. The van der Waals surface area contributed by atoms with Crippen molar-refractivity contribution in [2.75, 3.05) is 7.11 Å². The fraction of sp³-hybridized carbons (Fsp3) is 0.455. The van der Waals surface area contributed by atoms with Gasteiger partial charge in [0.2, 0.25) is 0 Å². The third kappa shape index (κ3) is 5.24. The minimum atomic E-state index is -0.972. The van der Waals surface area contributed by atoms with Gasteiger partial charge in [-0.1, -0.05) is 30.3 Å². The summed E-state index contributed by atoms with van der Waals surface area (Å²) in [6.45, 7) is 4.72. The van der Waals surface area contributed by atoms with Gasteiger partial charge in [-0.25, -0.2) is 5.09 Å². The smallest absolute Gasteiger partial charge is 0.256 e. The maximum Gasteiger partial charge on any atom is 0.256 e. The van der Waals surface area contributed by atoms with Gasteiger partial charge in [0.1, 0.15) is 0 Å². The third-order valence-electron chi connectivity index (χ3n) is 1.72. The van der Waals surface area contributed by atoms with E-state index in [2.05, 4.69) is 18.9 Å². The predicted molar refractivity (Wildman–Crippen MR) is 63.4 cm³/mol. The van der Waals surface area contributed by atoms with Gasteiger partial charge in [-0.05, 0) is 19.4 Å². The molecule has 1 atom stereocenters. The second kappa shape index (κ2) is 6.91. The van der Waals surface area contributed by atoms with Gasteiger partial charge in [0.05, 0.1) is 6.61 Å². The average Bonchev–Trinajstić information content (AvgIpc) is 2.25. The van der Waals surface area contributed by atoms with Crippen LogP contribution >= 0.6 is 8.53 Å². The van der Waals surface area contributed by atoms with E-state index in [9.17, 15) is 0 Å². The van der Waals surface area contributed by atoms with Crippen LogP contribution in [0.15, 0.2) is 30.3 Å². The molecular formula is C11H18NO2P. The predicted octanol–water partition coefficient (Wildman–Crippen LogP) is 3.07. The molecule has 1 unspecified atom stereocenters. The highest BCUT2D eigenvalue weighted by atomic mass is 31.2. The van der Waals surface area contributed by atoms with E-state index in [1.807, 2.05) is 30.3 Å². The van der Waals surface area contributed by atoms with Crippen LogP contribution in [-0.4, -0.2) is 13.2 Å². The van der Waals surface area contributed by atoms with Gasteiger partial charge >= 0.3 is 0 Å². The first-order valence-corrected chi connectivity index (χ1v) is 6.17. The SMILES string of the molecule is COP(NC(C)C)OCc1ccccc1. The molecule has 0 saturated heterocycles. The Kier molecular flexibility index (Phi) is 5.81. The van der Waals surface area contributed by atoms with Crippen LogP contribution < -0.4 is 5.09 Å². The second-order valence-corrected chi connectivity index (χ2v) is 4.88. The summed E-state index contributed by atoms with van der Waals surface area (Å²) in [5, 5.41) is 3.22. The van der Waals surface area contributed by atoms with Crippen molar-refractivity contribution < 1.29 is 9.05 Å². The largest absolute Gasteiger partial charge is 0.325 e. The highest BCUT2D eigenvalue weighted by Crippen LogP contribution is 2.33. The highest BCUT2D eigenvalue weighted by Gasteiger charge is 2.09. The Bertz CT molecular complexity index is 267. The van der Waals surface area contributed by atoms with Gasteiger partial charge in [0, 0.05) is 13.2 Å². The molecule has 1 N–H and O–H groups in total. The maximum absolute atomic E-state index is 5.62. The lowest BCUT2D eigenvalue weighted by Crippen LogP contribution is -2.18. The summed E-state index contributed by atoms with van der Waals surface area (Å²) in [5.41, 5.74) is 1.16. The molecule has 0 heterocycles. The summed E-state index contributed by atoms with van der Waals surface area (Å²) in [7, 11) is 0.687. The van der Waals surface area contributed by atoms with Crippen LogP contribution in [0.5, 0.6) is 0 Å². The zero-order chi connectivity index (χ0) is 11.1. The van der Waals surface area contributed by atoms with Crippen molar-refractivity contribution in [3.63, 3.8) is 0 Å². The van der Waals surface area contributed by atoms with E-state index in [4.69, 9.17) is 9.05 Å². The fourth-order valence-electron chi connectivity index (χ4n) is 1.06. The fourth-order valence-corrected chi connectivity index (χ4v) is 2.03. The number of benzene rings is 1. The van der Waals surface area contributed by atoms with Crippen LogP contribution in [-0.2, 0) is 15.7 Å². The first kappa shape index (κ1) is 12.6. The molecule has 0 aliphatic carbocycles. The van der Waals surface area contributed by atoms with Crippen LogP contribution in [0, 0.1) is 0 Å². The molecule has 15 heavy (non-hydrogen) atoms. The third-order valence-corrected chi connectivity index (χ3v) is 3.14. The van der Waals surface area contributed by atoms with E-state index >= 15 is 0 Å². The Balaban J connectivity index is 2.34. The minimum absolute atomic E-state index is 0.367. The lowest BCUT2D eigenvalue weighted by Gasteiger charge is -2.18. The number of hydrogen-bond acceptors (Lipinski definition) is 3. The Labute approximate surface area is 92.8 Å². The van der Waals surface area contributed by atoms with Gasteiger partial charge in [-0.2, -0.15) is 0 Å². The van der Waals surface area contributed by atoms with Crippen LogP contribution in [0.3, 0.4) is 0 Å². The van der Waals surface area contributed by atoms with Crippen LogP contribution in [0.4, 0.5) is 0 Å². The molecule has 0 bridgehead atoms. The summed E-state index contributed by atoms with van der Waals surface area (Å²) in [6.07, 6.45) is 0. The molecule has 0 radical (unpaired) electrons. The van der Waals surface area contributed by atoms with Gasteiger partial charge in [0.15, 0.2) is 0 Å². The van der Waals surface area contributed by atoms with Crippen molar-refractivity contribution in [3.05, 3.63) is 35.9 Å². The van der Waals surface area contributed by atoms with Crippen molar-refractivity contribution in [2.24, 2.45) is 0 Å². The minimum Gasteiger partial charge on any atom is -0.325 e. The van der Waals surface area contributed by atoms with Crippen LogP contribution in [0.2, 0.25) is 0 Å². The summed E-state index contributed by atoms with van der Waals surface area (Å²) in [6, 6.07) is 10.5. The second-order valence-electron chi connectivity index (χ2n) is 3.48. The molecular weight excluding hydrogens is 209 g/mol. The Hall–Kier alpha value is -0.470. The standard InChI is InChI=1S/C11H18NO2P/c1-10(2)12-15(13-3)14-9-11-7-5-4-6-8-11/h4-8,10,12H,9H2,1-3H3. The molecule has 4 heteroatoms. The van der Waals surface area contributed by atoms with Gasteiger partial charge in [-0.15, -0.1) is 0 Å². The van der Waals surface area contributed by atoms with E-state index in [1.54, 1.807) is 7.11 Å². The van der Waals surface area contributed by atoms with Crippen molar-refractivity contribution >= 4 is 8.53 Å². The van der Waals surface area contributed by atoms with Crippen molar-refractivity contribution in [1.82, 2.24) is 5.09 Å². The van der Waals surface area contributed by atoms with Crippen LogP contribution in [0.25, 0.3) is 0 Å². The number of hydrogen-bond donors (Lipinski definition) is 1. The van der Waals surface area contributed by atoms with Crippen molar-refractivity contribution in [1.29, 1.82) is 0 Å². The maximum atomic E-state index is 5.62. The molecule has 1 rings (SSSR count). The van der Waals surface area contributed by atoms with Crippen molar-refractivity contribution in [3.8, 4) is 0 Å². The molecule has 0 saturated carbocycles. The molecule has 3 nitrogen and oxygen atoms in total. The van der Waals surface area contributed by atoms with Gasteiger partial charge < -0.3 is 9.05 Å². The van der Waals surface area contributed by atoms with Gasteiger partial charge in [-0.3, -0.25) is 0 Å². The van der Waals surface area contributed by atoms with E-state index in [-0.39, 0.29) is 0 Å². The molecule has 0 aliphatic rings. The van der Waals surface area contributed by atoms with Crippen molar-refractivity contribution in [2.45, 2.75) is 26.5 Å². The Morgan fingerprint density at radius 2 is 1.93 bits per heavy atom. The molecule has 1 aromatic carbocycles. The van der Waals surface area contributed by atoms with E-state index in [1.165, 1.54) is 0 Å². The highest BCUT2D eigenvalue weighted by molar-refractivity contribution is 7.44. The number of rotatable bonds is 6. The topological polar surface area (TPSA) is 30.5 Å². The molecule has 0 aliphatic heterocycles. The lowest BCUT2D eigenvalue weighted by atomic mass is 10.2. The first-order valence-electron chi connectivity index (χ1n) is 4.99. The summed E-state index contributed by atoms with van der Waals surface area (Å²) >= 11 is 0. The number of nitrogens with one attached hydrogen (secondary N) is 1. The van der Waals surface area contributed by atoms with Crippen LogP contribution in [0.1, 0.15) is 19.4 Å². The summed E-state index contributed by atoms with van der Waals surface area (Å²) in [4.78, 5) is 0. The molecule has 84 valence electrons. The molecule has 1 aromatic rings. The summed E-state index contributed by atoms with van der Waals surface area (Å²) in [5.74, 6) is 0. The van der Waals surface area contributed by atoms with E-state index in [0.717, 1.165) is 5.56 Å². The summed E-state index contributed by atoms with van der Waals surface area (Å²) < 4.78 is 10.8. The van der Waals surface area contributed by atoms with E-state index in [0.29, 0.717) is 12.6 Å².